The van der Waals surface area contributed by atoms with Gasteiger partial charge in [0.05, 0.1) is 55.7 Å². The highest BCUT2D eigenvalue weighted by atomic mass is 16.6. The molecule has 1 heterocycles. The van der Waals surface area contributed by atoms with Crippen LogP contribution >= 0.6 is 0 Å². The molecule has 0 spiro atoms. The lowest BCUT2D eigenvalue weighted by molar-refractivity contribution is -0.153. The summed E-state index contributed by atoms with van der Waals surface area (Å²) in [7, 11) is 10.9. The SMILES string of the molecule is COc1cc(OC)c([C@H]2c3c(OC)cc(OC)cc3O[C@H](c3ccc(OC)c(OC)c3)[C@H]2OC(C)=O)c(OC)c1. The van der Waals surface area contributed by atoms with E-state index in [0.29, 0.717) is 62.7 Å². The topological polar surface area (TPSA) is 100 Å². The molecule has 0 radical (unpaired) electrons. The normalized spacial score (nSPS) is 17.6. The van der Waals surface area contributed by atoms with Crippen molar-refractivity contribution in [1.29, 1.82) is 0 Å². The largest absolute Gasteiger partial charge is 0.496 e. The molecule has 3 aromatic rings. The molecule has 0 amide bonds. The van der Waals surface area contributed by atoms with Gasteiger partial charge < -0.3 is 42.6 Å². The molecule has 0 fully saturated rings. The number of esters is 1. The van der Waals surface area contributed by atoms with Gasteiger partial charge >= 0.3 is 5.97 Å². The van der Waals surface area contributed by atoms with Crippen LogP contribution < -0.4 is 37.9 Å². The summed E-state index contributed by atoms with van der Waals surface area (Å²) in [6.07, 6.45) is -1.67. The van der Waals surface area contributed by atoms with Crippen LogP contribution in [0.25, 0.3) is 0 Å². The molecule has 0 N–H and O–H groups in total. The van der Waals surface area contributed by atoms with Crippen molar-refractivity contribution in [3.05, 3.63) is 59.2 Å². The van der Waals surface area contributed by atoms with E-state index in [4.69, 9.17) is 42.6 Å². The number of methoxy groups -OCH3 is 7. The number of carbonyl (C=O) groups is 1. The van der Waals surface area contributed by atoms with E-state index < -0.39 is 24.1 Å². The molecule has 10 nitrogen and oxygen atoms in total. The van der Waals surface area contributed by atoms with Crippen molar-refractivity contribution in [1.82, 2.24) is 0 Å². The maximum Gasteiger partial charge on any atom is 0.303 e. The fourth-order valence-corrected chi connectivity index (χ4v) is 5.07. The minimum absolute atomic E-state index is 0.468. The number of hydrogen-bond donors (Lipinski definition) is 0. The van der Waals surface area contributed by atoms with Gasteiger partial charge in [-0.15, -0.1) is 0 Å². The summed E-state index contributed by atoms with van der Waals surface area (Å²) < 4.78 is 52.1. The van der Waals surface area contributed by atoms with Gasteiger partial charge in [0.2, 0.25) is 0 Å². The number of hydrogen-bond acceptors (Lipinski definition) is 10. The van der Waals surface area contributed by atoms with E-state index in [2.05, 4.69) is 0 Å². The summed E-state index contributed by atoms with van der Waals surface area (Å²) in [4.78, 5) is 12.6. The molecule has 4 rings (SSSR count). The smallest absolute Gasteiger partial charge is 0.303 e. The van der Waals surface area contributed by atoms with E-state index in [1.165, 1.54) is 6.92 Å². The van der Waals surface area contributed by atoms with Crippen LogP contribution in [0.3, 0.4) is 0 Å². The standard InChI is InChI=1S/C30H34O10/c1-16(31)39-30-28(26-22(36-6)12-18(32-2)13-23(26)37-7)27-24(38-8)14-19(33-3)15-25(27)40-29(30)17-9-10-20(34-4)21(11-17)35-5/h9-15,28-30H,1-8H3/t28-,29+,30-/m0/s1. The molecule has 0 aliphatic carbocycles. The Morgan fingerprint density at radius 2 is 1.15 bits per heavy atom. The Labute approximate surface area is 233 Å². The summed E-state index contributed by atoms with van der Waals surface area (Å²) >= 11 is 0. The molecule has 3 atom stereocenters. The third kappa shape index (κ3) is 5.21. The van der Waals surface area contributed by atoms with Crippen LogP contribution in [0, 0.1) is 0 Å². The van der Waals surface area contributed by atoms with Crippen LogP contribution in [0.4, 0.5) is 0 Å². The highest BCUT2D eigenvalue weighted by molar-refractivity contribution is 5.68. The predicted octanol–water partition coefficient (Wildman–Crippen LogP) is 4.94. The molecule has 3 aromatic carbocycles. The van der Waals surface area contributed by atoms with Crippen LogP contribution in [-0.2, 0) is 9.53 Å². The highest BCUT2D eigenvalue weighted by Gasteiger charge is 2.47. The van der Waals surface area contributed by atoms with Gasteiger partial charge in [-0.25, -0.2) is 0 Å². The van der Waals surface area contributed by atoms with Crippen molar-refractivity contribution in [2.45, 2.75) is 25.0 Å². The second kappa shape index (κ2) is 12.1. The number of benzene rings is 3. The first-order chi connectivity index (χ1) is 19.3. The van der Waals surface area contributed by atoms with Crippen LogP contribution in [0.1, 0.15) is 35.6 Å². The van der Waals surface area contributed by atoms with E-state index >= 15 is 0 Å². The molecule has 0 bridgehead atoms. The van der Waals surface area contributed by atoms with E-state index in [-0.39, 0.29) is 0 Å². The van der Waals surface area contributed by atoms with Gasteiger partial charge in [0.25, 0.3) is 0 Å². The second-order valence-electron chi connectivity index (χ2n) is 8.89. The van der Waals surface area contributed by atoms with Crippen molar-refractivity contribution in [2.75, 3.05) is 49.8 Å². The van der Waals surface area contributed by atoms with Crippen molar-refractivity contribution in [2.24, 2.45) is 0 Å². The number of rotatable bonds is 10. The first-order valence-corrected chi connectivity index (χ1v) is 12.5. The van der Waals surface area contributed by atoms with Gasteiger partial charge in [-0.3, -0.25) is 4.79 Å². The van der Waals surface area contributed by atoms with Gasteiger partial charge in [-0.1, -0.05) is 6.07 Å². The zero-order valence-electron chi connectivity index (χ0n) is 23.9. The summed E-state index contributed by atoms with van der Waals surface area (Å²) in [5, 5.41) is 0. The zero-order chi connectivity index (χ0) is 29.0. The highest BCUT2D eigenvalue weighted by Crippen LogP contribution is 2.56. The van der Waals surface area contributed by atoms with Crippen molar-refractivity contribution < 1.29 is 47.4 Å². The first-order valence-electron chi connectivity index (χ1n) is 12.5. The molecule has 0 saturated heterocycles. The Hall–Kier alpha value is -4.47. The molecule has 1 aliphatic rings. The molecule has 10 heteroatoms. The van der Waals surface area contributed by atoms with E-state index in [1.807, 2.05) is 6.07 Å². The van der Waals surface area contributed by atoms with Crippen molar-refractivity contribution >= 4 is 5.97 Å². The van der Waals surface area contributed by atoms with Gasteiger partial charge in [0.15, 0.2) is 23.7 Å². The quantitative estimate of drug-likeness (QED) is 0.320. The lowest BCUT2D eigenvalue weighted by atomic mass is 9.78. The fourth-order valence-electron chi connectivity index (χ4n) is 5.07. The first kappa shape index (κ1) is 28.5. The Bertz CT molecular complexity index is 1340. The van der Waals surface area contributed by atoms with E-state index in [1.54, 1.807) is 86.2 Å². The molecular formula is C30H34O10. The zero-order valence-corrected chi connectivity index (χ0v) is 23.9. The molecule has 0 aromatic heterocycles. The van der Waals surface area contributed by atoms with Crippen molar-refractivity contribution in [3.8, 4) is 46.0 Å². The third-order valence-electron chi connectivity index (χ3n) is 6.83. The lowest BCUT2D eigenvalue weighted by Crippen LogP contribution is -2.39. The van der Waals surface area contributed by atoms with Crippen molar-refractivity contribution in [3.63, 3.8) is 0 Å². The van der Waals surface area contributed by atoms with Crippen LogP contribution in [-0.4, -0.2) is 61.8 Å². The Morgan fingerprint density at radius 1 is 0.625 bits per heavy atom. The monoisotopic (exact) mass is 554 g/mol. The molecule has 0 unspecified atom stereocenters. The van der Waals surface area contributed by atoms with Crippen LogP contribution in [0.2, 0.25) is 0 Å². The van der Waals surface area contributed by atoms with E-state index in [9.17, 15) is 4.79 Å². The Kier molecular flexibility index (Phi) is 8.67. The molecule has 0 saturated carbocycles. The number of carbonyl (C=O) groups excluding carboxylic acids is 1. The lowest BCUT2D eigenvalue weighted by Gasteiger charge is -2.40. The molecule has 40 heavy (non-hydrogen) atoms. The fraction of sp³-hybridized carbons (Fsp3) is 0.367. The average Bonchev–Trinajstić information content (AvgIpc) is 2.98. The summed E-state index contributed by atoms with van der Waals surface area (Å²) in [6.45, 7) is 1.35. The minimum Gasteiger partial charge on any atom is -0.496 e. The minimum atomic E-state index is -0.887. The molecule has 214 valence electrons. The van der Waals surface area contributed by atoms with Gasteiger partial charge in [-0.05, 0) is 12.1 Å². The average molecular weight is 555 g/mol. The molecule has 1 aliphatic heterocycles. The predicted molar refractivity (Wildman–Crippen MR) is 146 cm³/mol. The van der Waals surface area contributed by atoms with Gasteiger partial charge in [0.1, 0.15) is 34.5 Å². The second-order valence-corrected chi connectivity index (χ2v) is 8.89. The van der Waals surface area contributed by atoms with Gasteiger partial charge in [0, 0.05) is 47.9 Å². The maximum atomic E-state index is 12.6. The number of fused-ring (bicyclic) bond motifs is 1. The number of ether oxygens (including phenoxy) is 9. The summed E-state index contributed by atoms with van der Waals surface area (Å²) in [5.41, 5.74) is 1.94. The third-order valence-corrected chi connectivity index (χ3v) is 6.83. The molecular weight excluding hydrogens is 520 g/mol. The Morgan fingerprint density at radius 3 is 1.65 bits per heavy atom. The van der Waals surface area contributed by atoms with Gasteiger partial charge in [-0.2, -0.15) is 0 Å². The van der Waals surface area contributed by atoms with E-state index in [0.717, 1.165) is 0 Å². The summed E-state index contributed by atoms with van der Waals surface area (Å²) in [6, 6.07) is 12.4. The van der Waals surface area contributed by atoms with Crippen LogP contribution in [0.15, 0.2) is 42.5 Å². The maximum absolute atomic E-state index is 12.6. The van der Waals surface area contributed by atoms with Crippen LogP contribution in [0.5, 0.6) is 46.0 Å². The summed E-state index contributed by atoms with van der Waals surface area (Å²) in [5.74, 6) is 2.83. The Balaban J connectivity index is 2.08.